The predicted molar refractivity (Wildman–Crippen MR) is 103 cm³/mol. The van der Waals surface area contributed by atoms with Gasteiger partial charge in [0.15, 0.2) is 5.78 Å². The molecule has 0 spiro atoms. The van der Waals surface area contributed by atoms with Crippen LogP contribution in [0.2, 0.25) is 0 Å². The van der Waals surface area contributed by atoms with Crippen LogP contribution < -0.4 is 0 Å². The maximum absolute atomic E-state index is 12.6. The highest BCUT2D eigenvalue weighted by Crippen LogP contribution is 2.25. The summed E-state index contributed by atoms with van der Waals surface area (Å²) in [7, 11) is 0. The normalized spacial score (nSPS) is 16.2. The number of likely N-dealkylation sites (tertiary alicyclic amines) is 1. The number of aromatic hydroxyl groups is 1. The van der Waals surface area contributed by atoms with Crippen LogP contribution in [-0.2, 0) is 6.54 Å². The van der Waals surface area contributed by atoms with Crippen LogP contribution in [0, 0.1) is 12.8 Å². The van der Waals surface area contributed by atoms with Gasteiger partial charge in [-0.25, -0.2) is 0 Å². The number of rotatable bonds is 4. The summed E-state index contributed by atoms with van der Waals surface area (Å²) in [6.45, 7) is 4.90. The Balaban J connectivity index is 1.37. The van der Waals surface area contributed by atoms with Crippen molar-refractivity contribution >= 4 is 16.7 Å². The molecule has 0 unspecified atom stereocenters. The number of nitrogens with one attached hydrogen (secondary N) is 1. The van der Waals surface area contributed by atoms with Gasteiger partial charge in [0, 0.05) is 34.6 Å². The van der Waals surface area contributed by atoms with Gasteiger partial charge in [-0.3, -0.25) is 9.69 Å². The Hall–Kier alpha value is -2.59. The Morgan fingerprint density at radius 2 is 1.88 bits per heavy atom. The van der Waals surface area contributed by atoms with Gasteiger partial charge in [-0.1, -0.05) is 12.1 Å². The molecule has 26 heavy (non-hydrogen) atoms. The van der Waals surface area contributed by atoms with Gasteiger partial charge < -0.3 is 10.1 Å². The fourth-order valence-electron chi connectivity index (χ4n) is 3.91. The van der Waals surface area contributed by atoms with Gasteiger partial charge in [-0.15, -0.1) is 0 Å². The number of carbonyl (C=O) groups is 1. The van der Waals surface area contributed by atoms with Crippen molar-refractivity contribution in [2.75, 3.05) is 13.1 Å². The number of nitrogens with zero attached hydrogens (tertiary/aromatic N) is 1. The smallest absolute Gasteiger partial charge is 0.166 e. The molecule has 0 amide bonds. The molecule has 3 aromatic rings. The molecule has 2 heterocycles. The van der Waals surface area contributed by atoms with E-state index in [9.17, 15) is 9.90 Å². The molecule has 2 aromatic carbocycles. The predicted octanol–water partition coefficient (Wildman–Crippen LogP) is 4.28. The highest BCUT2D eigenvalue weighted by Gasteiger charge is 2.26. The van der Waals surface area contributed by atoms with Crippen molar-refractivity contribution in [1.29, 1.82) is 0 Å². The molecular weight excluding hydrogens is 324 g/mol. The van der Waals surface area contributed by atoms with Crippen LogP contribution in [0.3, 0.4) is 0 Å². The minimum Gasteiger partial charge on any atom is -0.508 e. The molecule has 134 valence electrons. The van der Waals surface area contributed by atoms with Crippen LogP contribution in [0.1, 0.15) is 34.5 Å². The minimum atomic E-state index is 0.0840. The maximum atomic E-state index is 12.6. The molecule has 2 N–H and O–H groups in total. The second-order valence-corrected chi connectivity index (χ2v) is 7.29. The first-order chi connectivity index (χ1) is 12.6. The lowest BCUT2D eigenvalue weighted by atomic mass is 9.89. The summed E-state index contributed by atoms with van der Waals surface area (Å²) < 4.78 is 0. The van der Waals surface area contributed by atoms with E-state index >= 15 is 0 Å². The number of fused-ring (bicyclic) bond motifs is 1. The van der Waals surface area contributed by atoms with Gasteiger partial charge >= 0.3 is 0 Å². The number of H-pyrrole nitrogens is 1. The summed E-state index contributed by atoms with van der Waals surface area (Å²) in [6.07, 6.45) is 1.78. The quantitative estimate of drug-likeness (QED) is 0.692. The van der Waals surface area contributed by atoms with Crippen molar-refractivity contribution in [2.45, 2.75) is 26.3 Å². The molecule has 0 radical (unpaired) electrons. The van der Waals surface area contributed by atoms with Crippen molar-refractivity contribution < 1.29 is 9.90 Å². The van der Waals surface area contributed by atoms with Crippen LogP contribution in [0.25, 0.3) is 10.9 Å². The van der Waals surface area contributed by atoms with Crippen molar-refractivity contribution in [3.05, 3.63) is 65.4 Å². The second kappa shape index (κ2) is 6.96. The fraction of sp³-hybridized carbons (Fsp3) is 0.318. The Morgan fingerprint density at radius 1 is 1.15 bits per heavy atom. The second-order valence-electron chi connectivity index (χ2n) is 7.29. The van der Waals surface area contributed by atoms with Crippen LogP contribution in [0.15, 0.2) is 48.5 Å². The van der Waals surface area contributed by atoms with Gasteiger partial charge in [0.25, 0.3) is 0 Å². The van der Waals surface area contributed by atoms with Gasteiger partial charge in [0.2, 0.25) is 0 Å². The minimum absolute atomic E-state index is 0.0840. The monoisotopic (exact) mass is 348 g/mol. The van der Waals surface area contributed by atoms with Crippen LogP contribution in [0.4, 0.5) is 0 Å². The number of ketones is 1. The summed E-state index contributed by atoms with van der Waals surface area (Å²) in [5, 5.41) is 10.7. The number of piperidine rings is 1. The number of aryl methyl sites for hydroxylation is 1. The third kappa shape index (κ3) is 3.37. The molecule has 0 aliphatic carbocycles. The largest absolute Gasteiger partial charge is 0.508 e. The number of benzene rings is 2. The molecule has 1 aliphatic rings. The van der Waals surface area contributed by atoms with E-state index in [0.717, 1.165) is 32.5 Å². The maximum Gasteiger partial charge on any atom is 0.166 e. The molecular formula is C22H24N2O2. The van der Waals surface area contributed by atoms with E-state index in [1.807, 2.05) is 0 Å². The number of phenolic OH excluding ortho intramolecular Hbond substituents is 1. The molecule has 0 bridgehead atoms. The first-order valence-corrected chi connectivity index (χ1v) is 9.23. The first kappa shape index (κ1) is 16.9. The summed E-state index contributed by atoms with van der Waals surface area (Å²) in [5.74, 6) is 0.483. The molecule has 1 saturated heterocycles. The topological polar surface area (TPSA) is 56.3 Å². The molecule has 1 aliphatic heterocycles. The molecule has 1 fully saturated rings. The molecule has 4 nitrogen and oxygen atoms in total. The van der Waals surface area contributed by atoms with Gasteiger partial charge in [0.1, 0.15) is 5.75 Å². The average Bonchev–Trinajstić information content (AvgIpc) is 3.06. The summed E-state index contributed by atoms with van der Waals surface area (Å²) in [6, 6.07) is 15.2. The highest BCUT2D eigenvalue weighted by atomic mass is 16.3. The summed E-state index contributed by atoms with van der Waals surface area (Å²) in [5.41, 5.74) is 4.42. The van der Waals surface area contributed by atoms with E-state index in [1.165, 1.54) is 22.2 Å². The zero-order valence-corrected chi connectivity index (χ0v) is 15.0. The van der Waals surface area contributed by atoms with E-state index in [1.54, 1.807) is 24.3 Å². The number of carbonyl (C=O) groups excluding carboxylic acids is 1. The third-order valence-electron chi connectivity index (χ3n) is 5.44. The van der Waals surface area contributed by atoms with Gasteiger partial charge in [0.05, 0.1) is 0 Å². The zero-order chi connectivity index (χ0) is 18.1. The van der Waals surface area contributed by atoms with Crippen molar-refractivity contribution in [2.24, 2.45) is 5.92 Å². The van der Waals surface area contributed by atoms with Crippen LogP contribution in [0.5, 0.6) is 5.75 Å². The summed E-state index contributed by atoms with van der Waals surface area (Å²) >= 11 is 0. The van der Waals surface area contributed by atoms with E-state index < -0.39 is 0 Å². The molecule has 0 atom stereocenters. The number of aromatic amines is 1. The van der Waals surface area contributed by atoms with Crippen LogP contribution >= 0.6 is 0 Å². The Bertz CT molecular complexity index is 919. The third-order valence-corrected chi connectivity index (χ3v) is 5.44. The van der Waals surface area contributed by atoms with Gasteiger partial charge in [-0.2, -0.15) is 0 Å². The molecule has 4 rings (SSSR count). The lowest BCUT2D eigenvalue weighted by Gasteiger charge is -2.30. The Morgan fingerprint density at radius 3 is 2.58 bits per heavy atom. The lowest BCUT2D eigenvalue weighted by molar-refractivity contribution is 0.0834. The standard InChI is InChI=1S/C22H24N2O2/c1-15-3-2-4-21-20(15)13-18(23-21)14-24-11-9-17(10-12-24)22(26)16-5-7-19(25)8-6-16/h2-8,13,17,23,25H,9-12,14H2,1H3. The number of phenols is 1. The first-order valence-electron chi connectivity index (χ1n) is 9.23. The number of aromatic nitrogens is 1. The Labute approximate surface area is 153 Å². The SMILES string of the molecule is Cc1cccc2[nH]c(CN3CCC(C(=O)c4ccc(O)cc4)CC3)cc12. The number of hydrogen-bond donors (Lipinski definition) is 2. The van der Waals surface area contributed by atoms with Crippen LogP contribution in [-0.4, -0.2) is 33.9 Å². The molecule has 0 saturated carbocycles. The van der Waals surface area contributed by atoms with Crippen molar-refractivity contribution in [3.63, 3.8) is 0 Å². The Kier molecular flexibility index (Phi) is 4.51. The zero-order valence-electron chi connectivity index (χ0n) is 15.0. The van der Waals surface area contributed by atoms with E-state index in [2.05, 4.69) is 41.1 Å². The highest BCUT2D eigenvalue weighted by molar-refractivity contribution is 5.98. The summed E-state index contributed by atoms with van der Waals surface area (Å²) in [4.78, 5) is 18.6. The van der Waals surface area contributed by atoms with E-state index in [-0.39, 0.29) is 17.5 Å². The van der Waals surface area contributed by atoms with Gasteiger partial charge in [-0.05, 0) is 74.8 Å². The van der Waals surface area contributed by atoms with Crippen molar-refractivity contribution in [1.82, 2.24) is 9.88 Å². The van der Waals surface area contributed by atoms with Crippen molar-refractivity contribution in [3.8, 4) is 5.75 Å². The average molecular weight is 348 g/mol. The van der Waals surface area contributed by atoms with E-state index in [4.69, 9.17) is 0 Å². The molecule has 1 aromatic heterocycles. The number of hydrogen-bond acceptors (Lipinski definition) is 3. The lowest BCUT2D eigenvalue weighted by Crippen LogP contribution is -2.36. The number of Topliss-reactive ketones (excluding diaryl/α,β-unsaturated/α-hetero) is 1. The fourth-order valence-corrected chi connectivity index (χ4v) is 3.91. The van der Waals surface area contributed by atoms with E-state index in [0.29, 0.717) is 5.56 Å². The molecule has 4 heteroatoms.